The van der Waals surface area contributed by atoms with E-state index in [1.54, 1.807) is 0 Å². The molecule has 1 aromatic carbocycles. The van der Waals surface area contributed by atoms with Gasteiger partial charge < -0.3 is 4.74 Å². The molecule has 4 nitrogen and oxygen atoms in total. The van der Waals surface area contributed by atoms with Gasteiger partial charge in [-0.1, -0.05) is 6.07 Å². The molecule has 0 saturated carbocycles. The van der Waals surface area contributed by atoms with Crippen LogP contribution < -0.4 is 10.9 Å². The predicted octanol–water partition coefficient (Wildman–Crippen LogP) is 3.52. The van der Waals surface area contributed by atoms with Crippen molar-refractivity contribution in [3.63, 3.8) is 0 Å². The number of carbonyl (C=O) groups is 1. The number of hydrogen-bond acceptors (Lipinski definition) is 3. The van der Waals surface area contributed by atoms with E-state index < -0.39 is 11.7 Å². The Morgan fingerprint density at radius 3 is 2.14 bits per heavy atom. The maximum absolute atomic E-state index is 11.8. The average molecular weight is 288 g/mol. The molecule has 0 heterocycles. The number of aryl methyl sites for hydroxylation is 2. The summed E-state index contributed by atoms with van der Waals surface area (Å²) in [4.78, 5) is 11.8. The Morgan fingerprint density at radius 1 is 1.05 bits per heavy atom. The molecule has 0 saturated heterocycles. The zero-order valence-electron chi connectivity index (χ0n) is 13.1. The van der Waals surface area contributed by atoms with Gasteiger partial charge in [0.2, 0.25) is 0 Å². The molecule has 0 aromatic heterocycles. The molecule has 2 aliphatic carbocycles. The first-order chi connectivity index (χ1) is 9.94. The molecule has 0 unspecified atom stereocenters. The van der Waals surface area contributed by atoms with Gasteiger partial charge in [0.1, 0.15) is 5.60 Å². The molecule has 2 aliphatic rings. The van der Waals surface area contributed by atoms with Gasteiger partial charge >= 0.3 is 6.09 Å². The van der Waals surface area contributed by atoms with E-state index in [1.807, 2.05) is 20.8 Å². The standard InChI is InChI=1S/C17H24N2O2/c1-17(2,3)21-16(20)19-18-15-13-8-4-6-11(13)10-12-7-5-9-14(12)15/h10,18H,4-9H2,1-3H3,(H,19,20). The first-order valence-electron chi connectivity index (χ1n) is 7.85. The highest BCUT2D eigenvalue weighted by atomic mass is 16.6. The van der Waals surface area contributed by atoms with E-state index in [0.29, 0.717) is 0 Å². The summed E-state index contributed by atoms with van der Waals surface area (Å²) in [7, 11) is 0. The maximum atomic E-state index is 11.8. The summed E-state index contributed by atoms with van der Waals surface area (Å²) < 4.78 is 5.29. The van der Waals surface area contributed by atoms with Crippen LogP contribution in [0, 0.1) is 0 Å². The van der Waals surface area contributed by atoms with Crippen molar-refractivity contribution in [1.29, 1.82) is 0 Å². The number of carbonyl (C=O) groups excluding carboxylic acids is 1. The van der Waals surface area contributed by atoms with Crippen LogP contribution in [0.25, 0.3) is 0 Å². The highest BCUT2D eigenvalue weighted by Gasteiger charge is 2.24. The van der Waals surface area contributed by atoms with E-state index in [1.165, 1.54) is 35.1 Å². The maximum Gasteiger partial charge on any atom is 0.426 e. The lowest BCUT2D eigenvalue weighted by molar-refractivity contribution is 0.0541. The highest BCUT2D eigenvalue weighted by Crippen LogP contribution is 2.38. The number of benzene rings is 1. The summed E-state index contributed by atoms with van der Waals surface area (Å²) in [6.07, 6.45) is 6.50. The van der Waals surface area contributed by atoms with Crippen LogP contribution in [-0.2, 0) is 30.4 Å². The SMILES string of the molecule is CC(C)(C)OC(=O)NNc1c2c(cc3c1CCC3)CCC2. The topological polar surface area (TPSA) is 50.4 Å². The third-order valence-corrected chi connectivity index (χ3v) is 4.16. The zero-order valence-corrected chi connectivity index (χ0v) is 13.1. The molecule has 0 aliphatic heterocycles. The van der Waals surface area contributed by atoms with Crippen LogP contribution in [-0.4, -0.2) is 11.7 Å². The van der Waals surface area contributed by atoms with E-state index in [9.17, 15) is 4.79 Å². The molecule has 0 fully saturated rings. The Hall–Kier alpha value is -1.71. The molecule has 0 bridgehead atoms. The molecule has 114 valence electrons. The third kappa shape index (κ3) is 2.99. The Morgan fingerprint density at radius 2 is 1.62 bits per heavy atom. The second-order valence-corrected chi connectivity index (χ2v) is 6.99. The number of nitrogens with one attached hydrogen (secondary N) is 2. The van der Waals surface area contributed by atoms with Gasteiger partial charge in [0, 0.05) is 0 Å². The minimum Gasteiger partial charge on any atom is -0.443 e. The molecule has 0 atom stereocenters. The van der Waals surface area contributed by atoms with Crippen molar-refractivity contribution in [3.05, 3.63) is 28.3 Å². The summed E-state index contributed by atoms with van der Waals surface area (Å²) in [6, 6.07) is 2.38. The van der Waals surface area contributed by atoms with Crippen LogP contribution in [0.15, 0.2) is 6.07 Å². The van der Waals surface area contributed by atoms with Crippen molar-refractivity contribution in [2.45, 2.75) is 64.9 Å². The van der Waals surface area contributed by atoms with Crippen LogP contribution >= 0.6 is 0 Å². The minimum atomic E-state index is -0.480. The smallest absolute Gasteiger partial charge is 0.426 e. The van der Waals surface area contributed by atoms with Crippen molar-refractivity contribution in [2.24, 2.45) is 0 Å². The zero-order chi connectivity index (χ0) is 15.0. The molecular weight excluding hydrogens is 264 g/mol. The fourth-order valence-corrected chi connectivity index (χ4v) is 3.38. The van der Waals surface area contributed by atoms with Gasteiger partial charge in [-0.25, -0.2) is 10.2 Å². The number of rotatable bonds is 2. The van der Waals surface area contributed by atoms with Gasteiger partial charge in [-0.05, 0) is 81.5 Å². The van der Waals surface area contributed by atoms with E-state index in [-0.39, 0.29) is 0 Å². The Bertz CT molecular complexity index is 541. The molecule has 1 amide bonds. The molecule has 0 radical (unpaired) electrons. The predicted molar refractivity (Wildman–Crippen MR) is 83.5 cm³/mol. The third-order valence-electron chi connectivity index (χ3n) is 4.16. The Kier molecular flexibility index (Phi) is 3.56. The average Bonchev–Trinajstić information content (AvgIpc) is 2.99. The van der Waals surface area contributed by atoms with E-state index in [4.69, 9.17) is 4.74 Å². The first-order valence-corrected chi connectivity index (χ1v) is 7.85. The van der Waals surface area contributed by atoms with Gasteiger partial charge in [-0.15, -0.1) is 0 Å². The fourth-order valence-electron chi connectivity index (χ4n) is 3.38. The van der Waals surface area contributed by atoms with Gasteiger partial charge in [0.05, 0.1) is 5.69 Å². The molecular formula is C17H24N2O2. The van der Waals surface area contributed by atoms with Crippen LogP contribution in [0.3, 0.4) is 0 Å². The molecule has 0 spiro atoms. The molecule has 3 rings (SSSR count). The van der Waals surface area contributed by atoms with Crippen LogP contribution in [0.2, 0.25) is 0 Å². The van der Waals surface area contributed by atoms with Crippen LogP contribution in [0.1, 0.15) is 55.9 Å². The van der Waals surface area contributed by atoms with Crippen LogP contribution in [0.4, 0.5) is 10.5 Å². The lowest BCUT2D eigenvalue weighted by atomic mass is 9.99. The van der Waals surface area contributed by atoms with Crippen molar-refractivity contribution in [1.82, 2.24) is 5.43 Å². The van der Waals surface area contributed by atoms with Gasteiger partial charge in [0.15, 0.2) is 0 Å². The lowest BCUT2D eigenvalue weighted by Gasteiger charge is -2.22. The van der Waals surface area contributed by atoms with Crippen molar-refractivity contribution in [2.75, 3.05) is 5.43 Å². The van der Waals surface area contributed by atoms with Gasteiger partial charge in [-0.2, -0.15) is 0 Å². The number of ether oxygens (including phenoxy) is 1. The number of anilines is 1. The summed E-state index contributed by atoms with van der Waals surface area (Å²) in [5.41, 5.74) is 12.2. The van der Waals surface area contributed by atoms with E-state index >= 15 is 0 Å². The normalized spacial score (nSPS) is 16.3. The molecule has 21 heavy (non-hydrogen) atoms. The number of fused-ring (bicyclic) bond motifs is 2. The number of hydrazine groups is 1. The summed E-state index contributed by atoms with van der Waals surface area (Å²) in [5, 5.41) is 0. The van der Waals surface area contributed by atoms with Crippen molar-refractivity contribution in [3.8, 4) is 0 Å². The quantitative estimate of drug-likeness (QED) is 0.819. The molecule has 1 aromatic rings. The number of hydrogen-bond donors (Lipinski definition) is 2. The monoisotopic (exact) mass is 288 g/mol. The summed E-state index contributed by atoms with van der Waals surface area (Å²) >= 11 is 0. The van der Waals surface area contributed by atoms with Crippen molar-refractivity contribution >= 4 is 11.8 Å². The minimum absolute atomic E-state index is 0.426. The second kappa shape index (κ2) is 5.24. The first kappa shape index (κ1) is 14.2. The summed E-state index contributed by atoms with van der Waals surface area (Å²) in [6.45, 7) is 5.60. The molecule has 4 heteroatoms. The second-order valence-electron chi connectivity index (χ2n) is 6.99. The van der Waals surface area contributed by atoms with Gasteiger partial charge in [-0.3, -0.25) is 5.43 Å². The van der Waals surface area contributed by atoms with E-state index in [2.05, 4.69) is 16.9 Å². The summed E-state index contributed by atoms with van der Waals surface area (Å²) in [5.74, 6) is 0. The highest BCUT2D eigenvalue weighted by molar-refractivity contribution is 5.73. The fraction of sp³-hybridized carbons (Fsp3) is 0.588. The van der Waals surface area contributed by atoms with E-state index in [0.717, 1.165) is 31.4 Å². The number of amides is 1. The van der Waals surface area contributed by atoms with Crippen LogP contribution in [0.5, 0.6) is 0 Å². The Labute approximate surface area is 126 Å². The van der Waals surface area contributed by atoms with Crippen molar-refractivity contribution < 1.29 is 9.53 Å². The Balaban J connectivity index is 1.78. The van der Waals surface area contributed by atoms with Gasteiger partial charge in [0.25, 0.3) is 0 Å². The molecule has 2 N–H and O–H groups in total. The largest absolute Gasteiger partial charge is 0.443 e. The lowest BCUT2D eigenvalue weighted by Crippen LogP contribution is -2.36.